The Balaban J connectivity index is 1.83. The summed E-state index contributed by atoms with van der Waals surface area (Å²) < 4.78 is 0. The van der Waals surface area contributed by atoms with Crippen molar-refractivity contribution < 1.29 is 4.79 Å². The first-order chi connectivity index (χ1) is 8.74. The molecule has 92 valence electrons. The first-order valence-corrected chi connectivity index (χ1v) is 5.89. The van der Waals surface area contributed by atoms with Gasteiger partial charge in [-0.2, -0.15) is 0 Å². The van der Waals surface area contributed by atoms with Crippen LogP contribution in [0.5, 0.6) is 0 Å². The summed E-state index contributed by atoms with van der Waals surface area (Å²) in [7, 11) is 0. The number of hydrogen-bond acceptors (Lipinski definition) is 2. The summed E-state index contributed by atoms with van der Waals surface area (Å²) >= 11 is 0. The fraction of sp³-hybridized carbons (Fsp3) is 0.133. The monoisotopic (exact) mass is 240 g/mol. The third-order valence-corrected chi connectivity index (χ3v) is 2.61. The summed E-state index contributed by atoms with van der Waals surface area (Å²) in [4.78, 5) is 11.7. The molecule has 0 saturated carbocycles. The van der Waals surface area contributed by atoms with Crippen molar-refractivity contribution in [2.75, 3.05) is 5.43 Å². The average Bonchev–Trinajstić information content (AvgIpc) is 2.39. The number of hydrogen-bond donors (Lipinski definition) is 2. The third kappa shape index (κ3) is 3.63. The minimum Gasteiger partial charge on any atom is -0.299 e. The van der Waals surface area contributed by atoms with Gasteiger partial charge in [-0.15, -0.1) is 0 Å². The molecule has 2 rings (SSSR count). The minimum atomic E-state index is -0.0539. The van der Waals surface area contributed by atoms with Gasteiger partial charge in [0.05, 0.1) is 12.1 Å². The maximum absolute atomic E-state index is 11.7. The van der Waals surface area contributed by atoms with Gasteiger partial charge in [-0.1, -0.05) is 48.0 Å². The molecule has 0 atom stereocenters. The average molecular weight is 240 g/mol. The van der Waals surface area contributed by atoms with Gasteiger partial charge in [0.25, 0.3) is 0 Å². The van der Waals surface area contributed by atoms with E-state index in [4.69, 9.17) is 0 Å². The van der Waals surface area contributed by atoms with E-state index in [0.29, 0.717) is 6.42 Å². The largest absolute Gasteiger partial charge is 0.299 e. The molecule has 0 spiro atoms. The van der Waals surface area contributed by atoms with Gasteiger partial charge in [-0.25, -0.2) is 0 Å². The highest BCUT2D eigenvalue weighted by Crippen LogP contribution is 2.07. The van der Waals surface area contributed by atoms with Gasteiger partial charge in [0.15, 0.2) is 0 Å². The van der Waals surface area contributed by atoms with E-state index in [2.05, 4.69) is 10.9 Å². The number of nitrogens with one attached hydrogen (secondary N) is 2. The van der Waals surface area contributed by atoms with E-state index in [9.17, 15) is 4.79 Å². The van der Waals surface area contributed by atoms with Crippen LogP contribution in [0.3, 0.4) is 0 Å². The second kappa shape index (κ2) is 5.87. The number of anilines is 1. The smallest absolute Gasteiger partial charge is 0.242 e. The van der Waals surface area contributed by atoms with E-state index in [1.807, 2.05) is 61.5 Å². The van der Waals surface area contributed by atoms with Crippen LogP contribution in [0.15, 0.2) is 54.6 Å². The SMILES string of the molecule is Cc1ccc(NNC(=O)Cc2ccccc2)cc1. The van der Waals surface area contributed by atoms with E-state index >= 15 is 0 Å². The van der Waals surface area contributed by atoms with Crippen molar-refractivity contribution in [1.29, 1.82) is 0 Å². The number of benzene rings is 2. The van der Waals surface area contributed by atoms with Crippen LogP contribution in [-0.4, -0.2) is 5.91 Å². The molecule has 0 aliphatic heterocycles. The molecule has 3 nitrogen and oxygen atoms in total. The second-order valence-corrected chi connectivity index (χ2v) is 4.20. The molecule has 0 aliphatic rings. The summed E-state index contributed by atoms with van der Waals surface area (Å²) in [5.41, 5.74) is 8.64. The molecule has 0 unspecified atom stereocenters. The maximum Gasteiger partial charge on any atom is 0.242 e. The first kappa shape index (κ1) is 12.2. The lowest BCUT2D eigenvalue weighted by Crippen LogP contribution is -2.30. The summed E-state index contributed by atoms with van der Waals surface area (Å²) in [5.74, 6) is -0.0539. The van der Waals surface area contributed by atoms with Crippen LogP contribution < -0.4 is 10.9 Å². The molecule has 0 saturated heterocycles. The Morgan fingerprint density at radius 3 is 2.33 bits per heavy atom. The Morgan fingerprint density at radius 1 is 1.00 bits per heavy atom. The van der Waals surface area contributed by atoms with Crippen molar-refractivity contribution in [1.82, 2.24) is 5.43 Å². The van der Waals surface area contributed by atoms with Gasteiger partial charge in [0.1, 0.15) is 0 Å². The van der Waals surface area contributed by atoms with E-state index in [1.54, 1.807) is 0 Å². The summed E-state index contributed by atoms with van der Waals surface area (Å²) in [5, 5.41) is 0. The molecular weight excluding hydrogens is 224 g/mol. The second-order valence-electron chi connectivity index (χ2n) is 4.20. The molecule has 3 heteroatoms. The van der Waals surface area contributed by atoms with Crippen LogP contribution in [0, 0.1) is 6.92 Å². The van der Waals surface area contributed by atoms with Crippen molar-refractivity contribution in [3.8, 4) is 0 Å². The number of aryl methyl sites for hydroxylation is 1. The van der Waals surface area contributed by atoms with Crippen LogP contribution in [0.4, 0.5) is 5.69 Å². The Hall–Kier alpha value is -2.29. The number of carbonyl (C=O) groups excluding carboxylic acids is 1. The van der Waals surface area contributed by atoms with Crippen molar-refractivity contribution in [2.45, 2.75) is 13.3 Å². The number of rotatable bonds is 4. The van der Waals surface area contributed by atoms with Crippen molar-refractivity contribution in [2.24, 2.45) is 0 Å². The fourth-order valence-electron chi connectivity index (χ4n) is 1.60. The minimum absolute atomic E-state index is 0.0539. The van der Waals surface area contributed by atoms with E-state index < -0.39 is 0 Å². The highest BCUT2D eigenvalue weighted by atomic mass is 16.2. The van der Waals surface area contributed by atoms with Gasteiger partial charge in [-0.3, -0.25) is 15.6 Å². The van der Waals surface area contributed by atoms with Crippen molar-refractivity contribution in [3.63, 3.8) is 0 Å². The zero-order chi connectivity index (χ0) is 12.8. The van der Waals surface area contributed by atoms with E-state index in [0.717, 1.165) is 11.3 Å². The molecule has 0 bridgehead atoms. The molecule has 0 aliphatic carbocycles. The van der Waals surface area contributed by atoms with Crippen molar-refractivity contribution >= 4 is 11.6 Å². The summed E-state index contributed by atoms with van der Waals surface area (Å²) in [6.07, 6.45) is 0.375. The van der Waals surface area contributed by atoms with Crippen LogP contribution >= 0.6 is 0 Å². The Morgan fingerprint density at radius 2 is 1.67 bits per heavy atom. The Kier molecular flexibility index (Phi) is 3.97. The quantitative estimate of drug-likeness (QED) is 0.807. The molecule has 0 aromatic heterocycles. The lowest BCUT2D eigenvalue weighted by Gasteiger charge is -2.08. The molecule has 2 aromatic carbocycles. The summed E-state index contributed by atoms with van der Waals surface area (Å²) in [6.45, 7) is 2.03. The Bertz CT molecular complexity index is 506. The molecule has 2 N–H and O–H groups in total. The molecule has 0 fully saturated rings. The van der Waals surface area contributed by atoms with Gasteiger partial charge in [0, 0.05) is 0 Å². The highest BCUT2D eigenvalue weighted by Gasteiger charge is 2.01. The molecular formula is C15H16N2O. The van der Waals surface area contributed by atoms with Gasteiger partial charge >= 0.3 is 0 Å². The van der Waals surface area contributed by atoms with E-state index in [-0.39, 0.29) is 5.91 Å². The topological polar surface area (TPSA) is 41.1 Å². The highest BCUT2D eigenvalue weighted by molar-refractivity contribution is 5.79. The fourth-order valence-corrected chi connectivity index (χ4v) is 1.60. The standard InChI is InChI=1S/C15H16N2O/c1-12-7-9-14(10-8-12)16-17-15(18)11-13-5-3-2-4-6-13/h2-10,16H,11H2,1H3,(H,17,18). The lowest BCUT2D eigenvalue weighted by atomic mass is 10.1. The van der Waals surface area contributed by atoms with Crippen LogP contribution in [0.1, 0.15) is 11.1 Å². The molecule has 2 aromatic rings. The number of amides is 1. The molecule has 18 heavy (non-hydrogen) atoms. The maximum atomic E-state index is 11.7. The number of carbonyl (C=O) groups is 1. The number of hydrazine groups is 1. The zero-order valence-corrected chi connectivity index (χ0v) is 10.3. The normalized spacial score (nSPS) is 9.83. The van der Waals surface area contributed by atoms with Gasteiger partial charge in [0.2, 0.25) is 5.91 Å². The van der Waals surface area contributed by atoms with Crippen LogP contribution in [-0.2, 0) is 11.2 Å². The first-order valence-electron chi connectivity index (χ1n) is 5.89. The lowest BCUT2D eigenvalue weighted by molar-refractivity contribution is -0.119. The predicted molar refractivity (Wildman–Crippen MR) is 73.1 cm³/mol. The third-order valence-electron chi connectivity index (χ3n) is 2.61. The van der Waals surface area contributed by atoms with Crippen LogP contribution in [0.25, 0.3) is 0 Å². The Labute approximate surface area is 107 Å². The zero-order valence-electron chi connectivity index (χ0n) is 10.3. The molecule has 0 radical (unpaired) electrons. The van der Waals surface area contributed by atoms with Crippen LogP contribution in [0.2, 0.25) is 0 Å². The van der Waals surface area contributed by atoms with Crippen molar-refractivity contribution in [3.05, 3.63) is 65.7 Å². The van der Waals surface area contributed by atoms with Gasteiger partial charge in [-0.05, 0) is 24.6 Å². The molecule has 1 amide bonds. The van der Waals surface area contributed by atoms with Gasteiger partial charge < -0.3 is 0 Å². The molecule has 0 heterocycles. The summed E-state index contributed by atoms with van der Waals surface area (Å²) in [6, 6.07) is 17.5. The predicted octanol–water partition coefficient (Wildman–Crippen LogP) is 2.68. The van der Waals surface area contributed by atoms with E-state index in [1.165, 1.54) is 5.56 Å².